The van der Waals surface area contributed by atoms with E-state index in [-0.39, 0.29) is 11.3 Å². The Balaban J connectivity index is 2.23. The van der Waals surface area contributed by atoms with Crippen LogP contribution < -0.4 is 4.74 Å². The Labute approximate surface area is 129 Å². The Hall–Kier alpha value is -1.94. The van der Waals surface area contributed by atoms with Crippen molar-refractivity contribution in [2.75, 3.05) is 20.3 Å². The minimum atomic E-state index is -0.936. The van der Waals surface area contributed by atoms with Gasteiger partial charge >= 0.3 is 0 Å². The zero-order chi connectivity index (χ0) is 15.9. The topological polar surface area (TPSA) is 18.5 Å². The summed E-state index contributed by atoms with van der Waals surface area (Å²) in [6, 6.07) is 10.4. The largest absolute Gasteiger partial charge is 0.490 e. The summed E-state index contributed by atoms with van der Waals surface area (Å²) in [7, 11) is 1.65. The van der Waals surface area contributed by atoms with Crippen LogP contribution in [0, 0.1) is 11.6 Å². The number of hydrogen-bond acceptors (Lipinski definition) is 2. The van der Waals surface area contributed by atoms with Crippen molar-refractivity contribution < 1.29 is 18.3 Å². The van der Waals surface area contributed by atoms with Crippen molar-refractivity contribution in [1.82, 2.24) is 0 Å². The van der Waals surface area contributed by atoms with Gasteiger partial charge in [-0.05, 0) is 36.1 Å². The highest BCUT2D eigenvalue weighted by molar-refractivity contribution is 5.65. The van der Waals surface area contributed by atoms with Gasteiger partial charge in [-0.3, -0.25) is 0 Å². The van der Waals surface area contributed by atoms with Gasteiger partial charge in [0.15, 0.2) is 11.6 Å². The second kappa shape index (κ2) is 7.90. The van der Waals surface area contributed by atoms with E-state index in [1.165, 1.54) is 6.07 Å². The van der Waals surface area contributed by atoms with Crippen LogP contribution in [-0.4, -0.2) is 20.3 Å². The molecular weight excluding hydrogens is 286 g/mol. The molecular formula is C18H20F2O2. The van der Waals surface area contributed by atoms with Gasteiger partial charge in [-0.25, -0.2) is 4.39 Å². The zero-order valence-corrected chi connectivity index (χ0v) is 12.9. The number of rotatable bonds is 7. The maximum Gasteiger partial charge on any atom is 0.201 e. The molecule has 2 aromatic carbocycles. The smallest absolute Gasteiger partial charge is 0.201 e. The summed E-state index contributed by atoms with van der Waals surface area (Å²) in [4.78, 5) is 0. The minimum absolute atomic E-state index is 0.0418. The molecule has 2 aromatic rings. The van der Waals surface area contributed by atoms with Gasteiger partial charge in [0.25, 0.3) is 0 Å². The Morgan fingerprint density at radius 3 is 2.27 bits per heavy atom. The molecule has 0 heterocycles. The molecule has 0 unspecified atom stereocenters. The van der Waals surface area contributed by atoms with E-state index in [1.807, 2.05) is 19.1 Å². The number of benzene rings is 2. The highest BCUT2D eigenvalue weighted by Gasteiger charge is 2.15. The van der Waals surface area contributed by atoms with Gasteiger partial charge in [-0.1, -0.05) is 31.2 Å². The molecule has 0 aliphatic carbocycles. The molecule has 2 rings (SSSR count). The summed E-state index contributed by atoms with van der Waals surface area (Å²) in [5, 5.41) is 0. The second-order valence-corrected chi connectivity index (χ2v) is 5.03. The van der Waals surface area contributed by atoms with Gasteiger partial charge < -0.3 is 9.47 Å². The van der Waals surface area contributed by atoms with Crippen LogP contribution in [0.2, 0.25) is 0 Å². The molecule has 4 heteroatoms. The predicted octanol–water partition coefficient (Wildman–Crippen LogP) is 4.61. The molecule has 0 radical (unpaired) electrons. The normalized spacial score (nSPS) is 10.7. The quantitative estimate of drug-likeness (QED) is 0.743. The molecule has 0 aliphatic rings. The lowest BCUT2D eigenvalue weighted by Crippen LogP contribution is -2.00. The lowest BCUT2D eigenvalue weighted by Gasteiger charge is -2.10. The molecule has 0 atom stereocenters. The fourth-order valence-corrected chi connectivity index (χ4v) is 2.15. The predicted molar refractivity (Wildman–Crippen MR) is 83.2 cm³/mol. The van der Waals surface area contributed by atoms with Gasteiger partial charge in [-0.15, -0.1) is 0 Å². The van der Waals surface area contributed by atoms with E-state index in [9.17, 15) is 8.78 Å². The third-order valence-corrected chi connectivity index (χ3v) is 3.37. The molecule has 0 aliphatic heterocycles. The molecule has 0 spiro atoms. The summed E-state index contributed by atoms with van der Waals surface area (Å²) in [5.41, 5.74) is 1.97. The molecule has 22 heavy (non-hydrogen) atoms. The first kappa shape index (κ1) is 16.4. The van der Waals surface area contributed by atoms with Crippen LogP contribution in [0.4, 0.5) is 8.78 Å². The Kier molecular flexibility index (Phi) is 5.90. The average molecular weight is 306 g/mol. The van der Waals surface area contributed by atoms with Gasteiger partial charge in [0.05, 0.1) is 13.2 Å². The molecule has 0 amide bonds. The van der Waals surface area contributed by atoms with Crippen LogP contribution in [-0.2, 0) is 11.2 Å². The maximum atomic E-state index is 14.2. The van der Waals surface area contributed by atoms with Crippen molar-refractivity contribution in [3.05, 3.63) is 53.6 Å². The van der Waals surface area contributed by atoms with Crippen LogP contribution in [0.3, 0.4) is 0 Å². The standard InChI is InChI=1S/C18H20F2O2/c1-3-11-22-16-9-8-15(17(19)18(16)20)14-6-4-13(5-7-14)10-12-21-2/h4-9H,3,10-12H2,1-2H3. The van der Waals surface area contributed by atoms with E-state index >= 15 is 0 Å². The molecule has 0 N–H and O–H groups in total. The molecule has 0 aromatic heterocycles. The SMILES string of the molecule is CCCOc1ccc(-c2ccc(CCOC)cc2)c(F)c1F. The highest BCUT2D eigenvalue weighted by atomic mass is 19.2. The van der Waals surface area contributed by atoms with Crippen molar-refractivity contribution in [1.29, 1.82) is 0 Å². The maximum absolute atomic E-state index is 14.2. The van der Waals surface area contributed by atoms with Crippen LogP contribution in [0.25, 0.3) is 11.1 Å². The van der Waals surface area contributed by atoms with Crippen molar-refractivity contribution in [3.63, 3.8) is 0 Å². The zero-order valence-electron chi connectivity index (χ0n) is 12.9. The third-order valence-electron chi connectivity index (χ3n) is 3.37. The van der Waals surface area contributed by atoms with Crippen LogP contribution >= 0.6 is 0 Å². The lowest BCUT2D eigenvalue weighted by atomic mass is 10.0. The van der Waals surface area contributed by atoms with Gasteiger partial charge in [0.1, 0.15) is 0 Å². The van der Waals surface area contributed by atoms with Crippen molar-refractivity contribution >= 4 is 0 Å². The fraction of sp³-hybridized carbons (Fsp3) is 0.333. The van der Waals surface area contributed by atoms with E-state index in [1.54, 1.807) is 25.3 Å². The summed E-state index contributed by atoms with van der Waals surface area (Å²) >= 11 is 0. The van der Waals surface area contributed by atoms with E-state index in [4.69, 9.17) is 9.47 Å². The summed E-state index contributed by atoms with van der Waals surface area (Å²) in [6.07, 6.45) is 1.53. The van der Waals surface area contributed by atoms with Gasteiger partial charge in [0, 0.05) is 12.7 Å². The molecule has 0 fully saturated rings. The molecule has 0 saturated carbocycles. The highest BCUT2D eigenvalue weighted by Crippen LogP contribution is 2.30. The molecule has 0 bridgehead atoms. The van der Waals surface area contributed by atoms with Crippen molar-refractivity contribution in [3.8, 4) is 16.9 Å². The van der Waals surface area contributed by atoms with Crippen molar-refractivity contribution in [2.24, 2.45) is 0 Å². The van der Waals surface area contributed by atoms with E-state index in [0.717, 1.165) is 18.4 Å². The fourth-order valence-electron chi connectivity index (χ4n) is 2.15. The number of hydrogen-bond donors (Lipinski definition) is 0. The molecule has 118 valence electrons. The molecule has 0 saturated heterocycles. The average Bonchev–Trinajstić information content (AvgIpc) is 2.55. The van der Waals surface area contributed by atoms with Crippen LogP contribution in [0.1, 0.15) is 18.9 Å². The monoisotopic (exact) mass is 306 g/mol. The number of halogens is 2. The number of ether oxygens (including phenoxy) is 2. The third kappa shape index (κ3) is 3.83. The van der Waals surface area contributed by atoms with E-state index in [0.29, 0.717) is 18.8 Å². The Morgan fingerprint density at radius 2 is 1.64 bits per heavy atom. The van der Waals surface area contributed by atoms with Gasteiger partial charge in [-0.2, -0.15) is 4.39 Å². The van der Waals surface area contributed by atoms with Crippen LogP contribution in [0.15, 0.2) is 36.4 Å². The van der Waals surface area contributed by atoms with E-state index < -0.39 is 11.6 Å². The number of methoxy groups -OCH3 is 1. The molecule has 2 nitrogen and oxygen atoms in total. The van der Waals surface area contributed by atoms with Gasteiger partial charge in [0.2, 0.25) is 5.82 Å². The first-order valence-corrected chi connectivity index (χ1v) is 7.36. The summed E-state index contributed by atoms with van der Waals surface area (Å²) in [6.45, 7) is 2.91. The summed E-state index contributed by atoms with van der Waals surface area (Å²) in [5.74, 6) is -1.85. The second-order valence-electron chi connectivity index (χ2n) is 5.03. The lowest BCUT2D eigenvalue weighted by molar-refractivity contribution is 0.202. The van der Waals surface area contributed by atoms with Crippen LogP contribution in [0.5, 0.6) is 5.75 Å². The Bertz CT molecular complexity index is 609. The van der Waals surface area contributed by atoms with E-state index in [2.05, 4.69) is 0 Å². The summed E-state index contributed by atoms with van der Waals surface area (Å²) < 4.78 is 38.4. The first-order chi connectivity index (χ1) is 10.7. The first-order valence-electron chi connectivity index (χ1n) is 7.36. The van der Waals surface area contributed by atoms with Crippen molar-refractivity contribution in [2.45, 2.75) is 19.8 Å². The minimum Gasteiger partial charge on any atom is -0.490 e. The Morgan fingerprint density at radius 1 is 0.909 bits per heavy atom.